The Bertz CT molecular complexity index is 265. The second-order valence-electron chi connectivity index (χ2n) is 3.22. The van der Waals surface area contributed by atoms with Gasteiger partial charge in [-0.2, -0.15) is 0 Å². The molecule has 1 aliphatic heterocycles. The number of ether oxygens (including phenoxy) is 1. The Morgan fingerprint density at radius 2 is 2.25 bits per heavy atom. The SMILES string of the molecule is O=C1CC(C2=CCCC2)C(=O)O1. The van der Waals surface area contributed by atoms with Gasteiger partial charge in [0.25, 0.3) is 0 Å². The van der Waals surface area contributed by atoms with E-state index in [1.54, 1.807) is 0 Å². The number of allylic oxidation sites excluding steroid dienone is 1. The van der Waals surface area contributed by atoms with E-state index in [-0.39, 0.29) is 24.3 Å². The third kappa shape index (κ3) is 1.15. The number of esters is 2. The summed E-state index contributed by atoms with van der Waals surface area (Å²) in [6.45, 7) is 0. The van der Waals surface area contributed by atoms with Crippen molar-refractivity contribution in [3.05, 3.63) is 11.6 Å². The number of hydrogen-bond acceptors (Lipinski definition) is 3. The average molecular weight is 166 g/mol. The maximum Gasteiger partial charge on any atom is 0.321 e. The van der Waals surface area contributed by atoms with E-state index in [9.17, 15) is 9.59 Å². The largest absolute Gasteiger partial charge is 0.393 e. The van der Waals surface area contributed by atoms with Crippen LogP contribution in [0.5, 0.6) is 0 Å². The van der Waals surface area contributed by atoms with E-state index in [0.29, 0.717) is 0 Å². The molecule has 0 aromatic rings. The molecule has 1 saturated heterocycles. The highest BCUT2D eigenvalue weighted by Crippen LogP contribution is 2.31. The molecule has 64 valence electrons. The fourth-order valence-electron chi connectivity index (χ4n) is 1.77. The van der Waals surface area contributed by atoms with Crippen LogP contribution in [-0.2, 0) is 14.3 Å². The smallest absolute Gasteiger partial charge is 0.321 e. The molecule has 0 aromatic carbocycles. The second-order valence-corrected chi connectivity index (χ2v) is 3.22. The lowest BCUT2D eigenvalue weighted by molar-refractivity contribution is -0.152. The molecule has 0 spiro atoms. The predicted molar refractivity (Wildman–Crippen MR) is 41.1 cm³/mol. The maximum atomic E-state index is 11.1. The van der Waals surface area contributed by atoms with Crippen LogP contribution >= 0.6 is 0 Å². The number of rotatable bonds is 1. The fourth-order valence-corrected chi connectivity index (χ4v) is 1.77. The van der Waals surface area contributed by atoms with Crippen molar-refractivity contribution in [2.75, 3.05) is 0 Å². The maximum absolute atomic E-state index is 11.1. The number of carbonyl (C=O) groups excluding carboxylic acids is 2. The zero-order chi connectivity index (χ0) is 8.55. The Kier molecular flexibility index (Phi) is 1.71. The summed E-state index contributed by atoms with van der Waals surface area (Å²) in [5.74, 6) is -0.981. The van der Waals surface area contributed by atoms with Gasteiger partial charge in [0.1, 0.15) is 0 Å². The summed E-state index contributed by atoms with van der Waals surface area (Å²) in [6.07, 6.45) is 5.41. The zero-order valence-corrected chi connectivity index (χ0v) is 6.71. The first-order chi connectivity index (χ1) is 5.77. The number of cyclic esters (lactones) is 2. The van der Waals surface area contributed by atoms with E-state index >= 15 is 0 Å². The van der Waals surface area contributed by atoms with Gasteiger partial charge in [-0.25, -0.2) is 0 Å². The summed E-state index contributed by atoms with van der Waals surface area (Å²) in [7, 11) is 0. The van der Waals surface area contributed by atoms with Gasteiger partial charge in [-0.3, -0.25) is 9.59 Å². The molecule has 0 aromatic heterocycles. The van der Waals surface area contributed by atoms with E-state index in [1.165, 1.54) is 0 Å². The molecule has 12 heavy (non-hydrogen) atoms. The van der Waals surface area contributed by atoms with Gasteiger partial charge in [-0.05, 0) is 19.3 Å². The minimum absolute atomic E-state index is 0.250. The van der Waals surface area contributed by atoms with Gasteiger partial charge in [0.05, 0.1) is 12.3 Å². The van der Waals surface area contributed by atoms with Gasteiger partial charge in [-0.1, -0.05) is 11.6 Å². The standard InChI is InChI=1S/C9H10O3/c10-8-5-7(9(11)12-8)6-3-1-2-4-6/h3,7H,1-2,4-5H2. The van der Waals surface area contributed by atoms with Gasteiger partial charge >= 0.3 is 11.9 Å². The molecule has 0 saturated carbocycles. The molecule has 2 rings (SSSR count). The summed E-state index contributed by atoms with van der Waals surface area (Å²) < 4.78 is 4.47. The number of hydrogen-bond donors (Lipinski definition) is 0. The minimum atomic E-state index is -0.377. The van der Waals surface area contributed by atoms with Crippen LogP contribution in [0.4, 0.5) is 0 Å². The summed E-state index contributed by atoms with van der Waals surface area (Å²) in [5, 5.41) is 0. The Morgan fingerprint density at radius 3 is 2.75 bits per heavy atom. The monoisotopic (exact) mass is 166 g/mol. The van der Waals surface area contributed by atoms with Crippen LogP contribution < -0.4 is 0 Å². The topological polar surface area (TPSA) is 43.4 Å². The molecule has 3 heteroatoms. The van der Waals surface area contributed by atoms with Crippen LogP contribution in [0.25, 0.3) is 0 Å². The molecule has 0 bridgehead atoms. The Hall–Kier alpha value is -1.12. The normalized spacial score (nSPS) is 29.0. The summed E-state index contributed by atoms with van der Waals surface area (Å²) >= 11 is 0. The molecule has 1 heterocycles. The predicted octanol–water partition coefficient (Wildman–Crippen LogP) is 1.19. The van der Waals surface area contributed by atoms with E-state index in [1.807, 2.05) is 0 Å². The van der Waals surface area contributed by atoms with Crippen molar-refractivity contribution >= 4 is 11.9 Å². The van der Waals surface area contributed by atoms with Crippen molar-refractivity contribution in [1.29, 1.82) is 0 Å². The highest BCUT2D eigenvalue weighted by molar-refractivity contribution is 5.96. The quantitative estimate of drug-likeness (QED) is 0.334. The first-order valence-corrected chi connectivity index (χ1v) is 4.21. The number of carbonyl (C=O) groups is 2. The minimum Gasteiger partial charge on any atom is -0.393 e. The highest BCUT2D eigenvalue weighted by atomic mass is 16.6. The lowest BCUT2D eigenvalue weighted by Crippen LogP contribution is -2.09. The highest BCUT2D eigenvalue weighted by Gasteiger charge is 2.36. The lowest BCUT2D eigenvalue weighted by Gasteiger charge is -2.03. The Balaban J connectivity index is 2.13. The van der Waals surface area contributed by atoms with Crippen molar-refractivity contribution in [3.63, 3.8) is 0 Å². The summed E-state index contributed by atoms with van der Waals surface area (Å²) in [5.41, 5.74) is 1.10. The van der Waals surface area contributed by atoms with Crippen LogP contribution in [0, 0.1) is 5.92 Å². The molecule has 1 unspecified atom stereocenters. The molecule has 1 aliphatic carbocycles. The molecule has 1 fully saturated rings. The molecule has 0 amide bonds. The van der Waals surface area contributed by atoms with Crippen molar-refractivity contribution in [2.45, 2.75) is 25.7 Å². The first-order valence-electron chi connectivity index (χ1n) is 4.21. The molecule has 0 N–H and O–H groups in total. The van der Waals surface area contributed by atoms with Gasteiger partial charge < -0.3 is 4.74 Å². The summed E-state index contributed by atoms with van der Waals surface area (Å²) in [4.78, 5) is 21.8. The average Bonchev–Trinajstić information content (AvgIpc) is 2.58. The molecular formula is C9H10O3. The van der Waals surface area contributed by atoms with E-state index in [2.05, 4.69) is 10.8 Å². The van der Waals surface area contributed by atoms with Gasteiger partial charge in [-0.15, -0.1) is 0 Å². The first kappa shape index (κ1) is 7.53. The van der Waals surface area contributed by atoms with Crippen molar-refractivity contribution in [1.82, 2.24) is 0 Å². The third-order valence-corrected chi connectivity index (χ3v) is 2.39. The fraction of sp³-hybridized carbons (Fsp3) is 0.556. The van der Waals surface area contributed by atoms with Crippen LogP contribution in [0.3, 0.4) is 0 Å². The molecule has 3 nitrogen and oxygen atoms in total. The zero-order valence-electron chi connectivity index (χ0n) is 6.71. The molecular weight excluding hydrogens is 156 g/mol. The molecule has 0 radical (unpaired) electrons. The van der Waals surface area contributed by atoms with Crippen LogP contribution in [0.2, 0.25) is 0 Å². The second kappa shape index (κ2) is 2.73. The van der Waals surface area contributed by atoms with Gasteiger partial charge in [0, 0.05) is 0 Å². The molecule has 1 atom stereocenters. The van der Waals surface area contributed by atoms with E-state index in [0.717, 1.165) is 24.8 Å². The van der Waals surface area contributed by atoms with E-state index in [4.69, 9.17) is 0 Å². The van der Waals surface area contributed by atoms with Crippen molar-refractivity contribution < 1.29 is 14.3 Å². The van der Waals surface area contributed by atoms with Crippen LogP contribution in [-0.4, -0.2) is 11.9 Å². The van der Waals surface area contributed by atoms with Crippen molar-refractivity contribution in [3.8, 4) is 0 Å². The van der Waals surface area contributed by atoms with Crippen molar-refractivity contribution in [2.24, 2.45) is 5.92 Å². The van der Waals surface area contributed by atoms with Gasteiger partial charge in [0.2, 0.25) is 0 Å². The summed E-state index contributed by atoms with van der Waals surface area (Å²) in [6, 6.07) is 0. The molecule has 2 aliphatic rings. The Morgan fingerprint density at radius 1 is 1.42 bits per heavy atom. The third-order valence-electron chi connectivity index (χ3n) is 2.39. The van der Waals surface area contributed by atoms with Gasteiger partial charge in [0.15, 0.2) is 0 Å². The van der Waals surface area contributed by atoms with E-state index < -0.39 is 0 Å². The Labute approximate surface area is 70.4 Å². The van der Waals surface area contributed by atoms with Crippen LogP contribution in [0.15, 0.2) is 11.6 Å². The lowest BCUT2D eigenvalue weighted by atomic mass is 9.97. The van der Waals surface area contributed by atoms with Crippen LogP contribution in [0.1, 0.15) is 25.7 Å².